The second kappa shape index (κ2) is 14.5. The number of hydrogen-bond donors (Lipinski definition) is 3. The van der Waals surface area contributed by atoms with Gasteiger partial charge in [-0.1, -0.05) is 20.1 Å². The second-order valence-corrected chi connectivity index (χ2v) is 17.6. The van der Waals surface area contributed by atoms with Crippen molar-refractivity contribution in [3.8, 4) is 0 Å². The minimum absolute atomic E-state index is 0.00606. The van der Waals surface area contributed by atoms with Crippen LogP contribution in [0.1, 0.15) is 90.4 Å². The highest BCUT2D eigenvalue weighted by Crippen LogP contribution is 2.54. The van der Waals surface area contributed by atoms with Crippen LogP contribution in [0.15, 0.2) is 24.3 Å². The van der Waals surface area contributed by atoms with Crippen LogP contribution in [0.3, 0.4) is 0 Å². The molecular weight excluding hydrogens is 670 g/mol. The van der Waals surface area contributed by atoms with Crippen LogP contribution in [0.4, 0.5) is 0 Å². The Balaban J connectivity index is 0.992. The lowest BCUT2D eigenvalue weighted by atomic mass is 9.81. The lowest BCUT2D eigenvalue weighted by Crippen LogP contribution is -2.61. The SMILES string of the molecule is C=C1C[C@@H]2CCC34C[C@@H]5O[C@@H]6[C@@H](O[C@H]7CCC(CC(O)C[C@H]8[C@H](CC9O[C@@H](CCC1O2)C[C@@H](C)C9=C)OC(C[C@H](O)CN)[C@@H]8OC)O[C@@H]7[C@@H]6O3)[C@H]5O4. The lowest BCUT2D eigenvalue weighted by Gasteiger charge is -2.47. The summed E-state index contributed by atoms with van der Waals surface area (Å²) in [7, 11) is 1.69. The molecule has 1 spiro atoms. The normalized spacial score (nSPS) is 53.8. The third kappa shape index (κ3) is 6.68. The van der Waals surface area contributed by atoms with E-state index in [0.717, 1.165) is 56.1 Å². The molecule has 0 aromatic carbocycles. The molecule has 10 aliphatic rings. The third-order valence-electron chi connectivity index (χ3n) is 14.1. The fraction of sp³-hybridized carbons (Fsp3) is 0.900. The van der Waals surface area contributed by atoms with Gasteiger partial charge in [-0.3, -0.25) is 0 Å². The van der Waals surface area contributed by atoms with Gasteiger partial charge in [0.15, 0.2) is 5.79 Å². The number of hydrogen-bond acceptors (Lipinski definition) is 12. The second-order valence-electron chi connectivity index (χ2n) is 17.6. The van der Waals surface area contributed by atoms with Crippen LogP contribution in [0.5, 0.6) is 0 Å². The third-order valence-corrected chi connectivity index (χ3v) is 14.1. The molecule has 0 radical (unpaired) electrons. The smallest absolute Gasteiger partial charge is 0.172 e. The highest BCUT2D eigenvalue weighted by Gasteiger charge is 2.68. The molecule has 10 fully saturated rings. The summed E-state index contributed by atoms with van der Waals surface area (Å²) < 4.78 is 60.3. The van der Waals surface area contributed by atoms with Gasteiger partial charge in [-0.25, -0.2) is 0 Å². The fourth-order valence-electron chi connectivity index (χ4n) is 11.5. The molecule has 10 rings (SSSR count). The van der Waals surface area contributed by atoms with Crippen molar-refractivity contribution in [3.63, 3.8) is 0 Å². The highest BCUT2D eigenvalue weighted by molar-refractivity contribution is 5.15. The molecule has 12 heteroatoms. The molecule has 0 aromatic rings. The van der Waals surface area contributed by atoms with E-state index in [-0.39, 0.29) is 104 Å². The summed E-state index contributed by atoms with van der Waals surface area (Å²) >= 11 is 0. The zero-order chi connectivity index (χ0) is 35.9. The van der Waals surface area contributed by atoms with Gasteiger partial charge in [0.05, 0.1) is 73.2 Å². The van der Waals surface area contributed by atoms with Gasteiger partial charge < -0.3 is 58.6 Å². The number of ether oxygens (including phenoxy) is 9. The van der Waals surface area contributed by atoms with E-state index in [9.17, 15) is 10.2 Å². The van der Waals surface area contributed by atoms with Gasteiger partial charge in [0.2, 0.25) is 0 Å². The first kappa shape index (κ1) is 36.6. The fourth-order valence-corrected chi connectivity index (χ4v) is 11.5. The van der Waals surface area contributed by atoms with Gasteiger partial charge in [0, 0.05) is 45.3 Å². The summed E-state index contributed by atoms with van der Waals surface area (Å²) in [5, 5.41) is 22.3. The van der Waals surface area contributed by atoms with Gasteiger partial charge >= 0.3 is 0 Å². The van der Waals surface area contributed by atoms with Gasteiger partial charge in [-0.15, -0.1) is 0 Å². The zero-order valence-corrected chi connectivity index (χ0v) is 30.9. The molecule has 0 aliphatic carbocycles. The summed E-state index contributed by atoms with van der Waals surface area (Å²) in [5.74, 6) is -0.589. The number of methoxy groups -OCH3 is 1. The molecule has 0 aromatic heterocycles. The van der Waals surface area contributed by atoms with Crippen molar-refractivity contribution < 1.29 is 52.8 Å². The van der Waals surface area contributed by atoms with Crippen LogP contribution in [-0.4, -0.2) is 133 Å². The predicted octanol–water partition coefficient (Wildman–Crippen LogP) is 3.23. The summed E-state index contributed by atoms with van der Waals surface area (Å²) in [4.78, 5) is 0. The number of aliphatic hydroxyl groups is 2. The Morgan fingerprint density at radius 3 is 2.37 bits per heavy atom. The topological polar surface area (TPSA) is 150 Å². The van der Waals surface area contributed by atoms with Crippen LogP contribution in [-0.2, 0) is 42.6 Å². The Bertz CT molecular complexity index is 1330. The monoisotopic (exact) mass is 731 g/mol. The van der Waals surface area contributed by atoms with Crippen LogP contribution in [0.25, 0.3) is 0 Å². The molecule has 10 heterocycles. The van der Waals surface area contributed by atoms with Gasteiger partial charge in [-0.05, 0) is 74.9 Å². The molecule has 10 aliphatic heterocycles. The van der Waals surface area contributed by atoms with E-state index in [4.69, 9.17) is 48.4 Å². The van der Waals surface area contributed by atoms with Gasteiger partial charge in [-0.2, -0.15) is 0 Å². The van der Waals surface area contributed by atoms with Crippen molar-refractivity contribution in [2.45, 2.75) is 200 Å². The molecule has 4 N–H and O–H groups in total. The van der Waals surface area contributed by atoms with E-state index in [1.807, 2.05) is 0 Å². The van der Waals surface area contributed by atoms with Crippen molar-refractivity contribution in [1.29, 1.82) is 0 Å². The lowest BCUT2D eigenvalue weighted by molar-refractivity contribution is -0.294. The van der Waals surface area contributed by atoms with E-state index in [1.165, 1.54) is 0 Å². The predicted molar refractivity (Wildman–Crippen MR) is 187 cm³/mol. The minimum Gasteiger partial charge on any atom is -0.393 e. The van der Waals surface area contributed by atoms with E-state index >= 15 is 0 Å². The maximum atomic E-state index is 11.8. The summed E-state index contributed by atoms with van der Waals surface area (Å²) in [6, 6.07) is 0. The standard InChI is InChI=1S/C40H61NO11/c1-19-11-24-5-7-28-20(2)12-26(45-28)9-10-40-17-33-36(51-40)37-38(50-33)39(52-40)35-29(49-37)8-6-25(47-35)13-22(42)14-27-31(16-30(46-24)21(19)3)48-32(34(27)44-4)15-23(43)18-41/h19,22-39,42-43H,2-3,5-18,41H2,1,4H3/t19-,22?,23+,24+,25?,26+,27+,28?,29+,30?,31+,32?,33+,34-,35+,36+,37+,38-,39+,40?/m1/s1. The Labute approximate surface area is 307 Å². The van der Waals surface area contributed by atoms with E-state index in [0.29, 0.717) is 44.4 Å². The average molecular weight is 732 g/mol. The molecule has 20 atom stereocenters. The summed E-state index contributed by atoms with van der Waals surface area (Å²) in [6.45, 7) is 11.3. The largest absolute Gasteiger partial charge is 0.393 e. The Kier molecular flexibility index (Phi) is 10.2. The molecule has 52 heavy (non-hydrogen) atoms. The number of aliphatic hydroxyl groups excluding tert-OH is 2. The van der Waals surface area contributed by atoms with Crippen molar-refractivity contribution in [2.75, 3.05) is 13.7 Å². The van der Waals surface area contributed by atoms with E-state index in [1.54, 1.807) is 7.11 Å². The Hall–Kier alpha value is -1.00. The van der Waals surface area contributed by atoms with Gasteiger partial charge in [0.1, 0.15) is 30.5 Å². The number of rotatable bonds is 4. The van der Waals surface area contributed by atoms with Crippen molar-refractivity contribution in [3.05, 3.63) is 24.3 Å². The molecule has 0 saturated carbocycles. The van der Waals surface area contributed by atoms with Crippen LogP contribution >= 0.6 is 0 Å². The first-order valence-electron chi connectivity index (χ1n) is 20.3. The maximum absolute atomic E-state index is 11.8. The molecular formula is C40H61NO11. The number of fused-ring (bicyclic) bond motifs is 6. The summed E-state index contributed by atoms with van der Waals surface area (Å²) in [5.41, 5.74) is 8.06. The molecule has 292 valence electrons. The van der Waals surface area contributed by atoms with Crippen molar-refractivity contribution >= 4 is 0 Å². The number of nitrogens with two attached hydrogens (primary N) is 1. The molecule has 0 amide bonds. The van der Waals surface area contributed by atoms with Crippen molar-refractivity contribution in [1.82, 2.24) is 0 Å². The summed E-state index contributed by atoms with van der Waals surface area (Å²) in [6.07, 6.45) is 5.37. The molecule has 10 saturated heterocycles. The minimum atomic E-state index is -0.762. The highest BCUT2D eigenvalue weighted by atomic mass is 16.8. The molecule has 12 nitrogen and oxygen atoms in total. The zero-order valence-electron chi connectivity index (χ0n) is 30.9. The van der Waals surface area contributed by atoms with E-state index < -0.39 is 18.0 Å². The quantitative estimate of drug-likeness (QED) is 0.365. The Morgan fingerprint density at radius 1 is 0.788 bits per heavy atom. The van der Waals surface area contributed by atoms with Gasteiger partial charge in [0.25, 0.3) is 0 Å². The Morgan fingerprint density at radius 2 is 1.54 bits per heavy atom. The molecule has 6 unspecified atom stereocenters. The van der Waals surface area contributed by atoms with Crippen LogP contribution in [0.2, 0.25) is 0 Å². The average Bonchev–Trinajstić information content (AvgIpc) is 3.79. The molecule has 12 bridgehead atoms. The van der Waals surface area contributed by atoms with Crippen LogP contribution in [0, 0.1) is 11.8 Å². The first-order chi connectivity index (χ1) is 25.1. The van der Waals surface area contributed by atoms with Crippen molar-refractivity contribution in [2.24, 2.45) is 17.6 Å². The van der Waals surface area contributed by atoms with E-state index in [2.05, 4.69) is 20.1 Å². The maximum Gasteiger partial charge on any atom is 0.172 e. The first-order valence-corrected chi connectivity index (χ1v) is 20.3. The van der Waals surface area contributed by atoms with Crippen LogP contribution < -0.4 is 5.73 Å².